The van der Waals surface area contributed by atoms with Crippen molar-refractivity contribution < 1.29 is 9.66 Å². The van der Waals surface area contributed by atoms with Gasteiger partial charge in [-0.15, -0.1) is 0 Å². The zero-order valence-electron chi connectivity index (χ0n) is 12.1. The summed E-state index contributed by atoms with van der Waals surface area (Å²) in [6, 6.07) is 11.9. The smallest absolute Gasteiger partial charge is 0.269 e. The molecule has 0 aliphatic heterocycles. The predicted molar refractivity (Wildman–Crippen MR) is 81.4 cm³/mol. The number of non-ortho nitro benzene ring substituents is 1. The zero-order chi connectivity index (χ0) is 15.4. The minimum atomic E-state index is -0.429. The highest BCUT2D eigenvalue weighted by Gasteiger charge is 2.10. The van der Waals surface area contributed by atoms with Crippen molar-refractivity contribution >= 4 is 5.69 Å². The van der Waals surface area contributed by atoms with Gasteiger partial charge in [0.2, 0.25) is 0 Å². The largest absolute Gasteiger partial charge is 0.492 e. The van der Waals surface area contributed by atoms with E-state index in [0.29, 0.717) is 6.61 Å². The summed E-state index contributed by atoms with van der Waals surface area (Å²) >= 11 is 0. The Kier molecular flexibility index (Phi) is 4.55. The Morgan fingerprint density at radius 2 is 1.71 bits per heavy atom. The molecule has 0 aromatic heterocycles. The van der Waals surface area contributed by atoms with E-state index in [1.165, 1.54) is 12.1 Å². The molecule has 0 bridgehead atoms. The number of benzene rings is 2. The van der Waals surface area contributed by atoms with E-state index in [1.54, 1.807) is 12.1 Å². The van der Waals surface area contributed by atoms with Crippen LogP contribution in [0.2, 0.25) is 0 Å². The molecular formula is C16H18N2O3. The van der Waals surface area contributed by atoms with Gasteiger partial charge in [0.1, 0.15) is 12.4 Å². The van der Waals surface area contributed by atoms with Crippen molar-refractivity contribution in [2.75, 3.05) is 6.61 Å². The molecule has 0 aliphatic rings. The van der Waals surface area contributed by atoms with Crippen LogP contribution in [0.1, 0.15) is 22.7 Å². The minimum absolute atomic E-state index is 0.0566. The lowest BCUT2D eigenvalue weighted by Crippen LogP contribution is -2.19. The van der Waals surface area contributed by atoms with Gasteiger partial charge in [0, 0.05) is 12.1 Å². The van der Waals surface area contributed by atoms with Crippen LogP contribution in [0.4, 0.5) is 5.69 Å². The molecule has 2 N–H and O–H groups in total. The average molecular weight is 286 g/mol. The molecule has 5 nitrogen and oxygen atoms in total. The van der Waals surface area contributed by atoms with E-state index in [0.717, 1.165) is 22.4 Å². The summed E-state index contributed by atoms with van der Waals surface area (Å²) in [6.45, 7) is 4.34. The van der Waals surface area contributed by atoms with Gasteiger partial charge < -0.3 is 10.5 Å². The fourth-order valence-electron chi connectivity index (χ4n) is 2.14. The maximum absolute atomic E-state index is 10.6. The quantitative estimate of drug-likeness (QED) is 0.675. The number of ether oxygens (including phenoxy) is 1. The Labute approximate surface area is 123 Å². The topological polar surface area (TPSA) is 78.4 Å². The second kappa shape index (κ2) is 6.37. The van der Waals surface area contributed by atoms with E-state index >= 15 is 0 Å². The number of nitrogens with two attached hydrogens (primary N) is 1. The number of hydrogen-bond donors (Lipinski definition) is 1. The SMILES string of the molecule is Cc1cc(C)cc(OCC(N)c2ccc([N+](=O)[O-])cc2)c1. The minimum Gasteiger partial charge on any atom is -0.492 e. The molecule has 0 spiro atoms. The molecule has 0 saturated carbocycles. The van der Waals surface area contributed by atoms with Crippen LogP contribution in [-0.2, 0) is 0 Å². The van der Waals surface area contributed by atoms with Gasteiger partial charge in [-0.05, 0) is 42.7 Å². The van der Waals surface area contributed by atoms with Crippen LogP contribution < -0.4 is 10.5 Å². The van der Waals surface area contributed by atoms with E-state index in [-0.39, 0.29) is 11.7 Å². The first-order chi connectivity index (χ1) is 9.95. The molecule has 5 heteroatoms. The molecule has 0 heterocycles. The summed E-state index contributed by atoms with van der Waals surface area (Å²) in [5.41, 5.74) is 9.18. The fraction of sp³-hybridized carbons (Fsp3) is 0.250. The molecule has 2 aromatic rings. The Balaban J connectivity index is 2.00. The second-order valence-corrected chi connectivity index (χ2v) is 5.09. The lowest BCUT2D eigenvalue weighted by molar-refractivity contribution is -0.384. The number of nitro groups is 1. The van der Waals surface area contributed by atoms with Crippen molar-refractivity contribution in [2.45, 2.75) is 19.9 Å². The van der Waals surface area contributed by atoms with E-state index in [2.05, 4.69) is 6.07 Å². The van der Waals surface area contributed by atoms with Crippen LogP contribution in [0.25, 0.3) is 0 Å². The van der Waals surface area contributed by atoms with Crippen LogP contribution in [0.15, 0.2) is 42.5 Å². The summed E-state index contributed by atoms with van der Waals surface area (Å²) in [7, 11) is 0. The molecule has 0 fully saturated rings. The lowest BCUT2D eigenvalue weighted by Gasteiger charge is -2.14. The number of hydrogen-bond acceptors (Lipinski definition) is 4. The van der Waals surface area contributed by atoms with Gasteiger partial charge in [-0.1, -0.05) is 18.2 Å². The molecule has 0 aliphatic carbocycles. The molecule has 110 valence electrons. The van der Waals surface area contributed by atoms with Crippen LogP contribution in [0, 0.1) is 24.0 Å². The molecule has 2 rings (SSSR count). The highest BCUT2D eigenvalue weighted by Crippen LogP contribution is 2.20. The Morgan fingerprint density at radius 1 is 1.14 bits per heavy atom. The van der Waals surface area contributed by atoms with E-state index in [1.807, 2.05) is 26.0 Å². The van der Waals surface area contributed by atoms with E-state index in [9.17, 15) is 10.1 Å². The van der Waals surface area contributed by atoms with Gasteiger partial charge in [0.05, 0.1) is 11.0 Å². The maximum Gasteiger partial charge on any atom is 0.269 e. The zero-order valence-corrected chi connectivity index (χ0v) is 12.1. The third-order valence-electron chi connectivity index (χ3n) is 3.16. The van der Waals surface area contributed by atoms with Crippen molar-refractivity contribution in [3.8, 4) is 5.75 Å². The molecule has 2 aromatic carbocycles. The molecule has 21 heavy (non-hydrogen) atoms. The first kappa shape index (κ1) is 15.0. The van der Waals surface area contributed by atoms with Crippen molar-refractivity contribution in [1.29, 1.82) is 0 Å². The highest BCUT2D eigenvalue weighted by molar-refractivity contribution is 5.35. The molecule has 0 radical (unpaired) electrons. The molecule has 1 atom stereocenters. The van der Waals surface area contributed by atoms with Crippen molar-refractivity contribution in [3.05, 3.63) is 69.3 Å². The lowest BCUT2D eigenvalue weighted by atomic mass is 10.1. The molecule has 0 amide bonds. The van der Waals surface area contributed by atoms with Gasteiger partial charge in [-0.25, -0.2) is 0 Å². The van der Waals surface area contributed by atoms with E-state index in [4.69, 9.17) is 10.5 Å². The Bertz CT molecular complexity index is 618. The van der Waals surface area contributed by atoms with E-state index < -0.39 is 4.92 Å². The summed E-state index contributed by atoms with van der Waals surface area (Å²) in [6.07, 6.45) is 0. The molecule has 1 unspecified atom stereocenters. The second-order valence-electron chi connectivity index (χ2n) is 5.09. The van der Waals surface area contributed by atoms with Gasteiger partial charge in [-0.2, -0.15) is 0 Å². The third-order valence-corrected chi connectivity index (χ3v) is 3.16. The number of aryl methyl sites for hydroxylation is 2. The van der Waals surface area contributed by atoms with Crippen LogP contribution in [0.5, 0.6) is 5.75 Å². The monoisotopic (exact) mass is 286 g/mol. The maximum atomic E-state index is 10.6. The Hall–Kier alpha value is -2.40. The standard InChI is InChI=1S/C16H18N2O3/c1-11-7-12(2)9-15(8-11)21-10-16(17)13-3-5-14(6-4-13)18(19)20/h3-9,16H,10,17H2,1-2H3. The summed E-state index contributed by atoms with van der Waals surface area (Å²) in [5.74, 6) is 0.782. The molecule has 0 saturated heterocycles. The summed E-state index contributed by atoms with van der Waals surface area (Å²) < 4.78 is 5.70. The first-order valence-corrected chi connectivity index (χ1v) is 6.67. The van der Waals surface area contributed by atoms with Crippen LogP contribution in [0.3, 0.4) is 0 Å². The van der Waals surface area contributed by atoms with Crippen molar-refractivity contribution in [1.82, 2.24) is 0 Å². The first-order valence-electron chi connectivity index (χ1n) is 6.67. The highest BCUT2D eigenvalue weighted by atomic mass is 16.6. The summed E-state index contributed by atoms with van der Waals surface area (Å²) in [5, 5.41) is 10.6. The van der Waals surface area contributed by atoms with Crippen LogP contribution >= 0.6 is 0 Å². The summed E-state index contributed by atoms with van der Waals surface area (Å²) in [4.78, 5) is 10.2. The van der Waals surface area contributed by atoms with Crippen LogP contribution in [-0.4, -0.2) is 11.5 Å². The Morgan fingerprint density at radius 3 is 2.24 bits per heavy atom. The van der Waals surface area contributed by atoms with Gasteiger partial charge in [0.25, 0.3) is 5.69 Å². The normalized spacial score (nSPS) is 12.0. The van der Waals surface area contributed by atoms with Gasteiger partial charge in [-0.3, -0.25) is 10.1 Å². The molecular weight excluding hydrogens is 268 g/mol. The van der Waals surface area contributed by atoms with Crippen molar-refractivity contribution in [2.24, 2.45) is 5.73 Å². The number of nitrogens with zero attached hydrogens (tertiary/aromatic N) is 1. The number of nitro benzene ring substituents is 1. The fourth-order valence-corrected chi connectivity index (χ4v) is 2.14. The third kappa shape index (κ3) is 4.03. The van der Waals surface area contributed by atoms with Gasteiger partial charge in [0.15, 0.2) is 0 Å². The van der Waals surface area contributed by atoms with Gasteiger partial charge >= 0.3 is 0 Å². The predicted octanol–water partition coefficient (Wildman–Crippen LogP) is 3.29. The number of rotatable bonds is 5. The van der Waals surface area contributed by atoms with Crippen molar-refractivity contribution in [3.63, 3.8) is 0 Å². The average Bonchev–Trinajstić information content (AvgIpc) is 2.44.